The van der Waals surface area contributed by atoms with Gasteiger partial charge in [0, 0.05) is 13.1 Å². The first-order chi connectivity index (χ1) is 8.70. The standard InChI is InChI=1S/C13H24N2O2S2/c1-12(2,3)17-9-10(16)15-7-5-13(19-4,6-8-15)11(14)18/h5-9H2,1-4H3,(H2,14,18). The third-order valence-electron chi connectivity index (χ3n) is 3.39. The number of ether oxygens (including phenoxy) is 1. The molecule has 0 aromatic carbocycles. The van der Waals surface area contributed by atoms with Crippen LogP contribution in [0, 0.1) is 0 Å². The van der Waals surface area contributed by atoms with Gasteiger partial charge in [0.05, 0.1) is 15.3 Å². The zero-order valence-electron chi connectivity index (χ0n) is 12.2. The Morgan fingerprint density at radius 1 is 1.42 bits per heavy atom. The van der Waals surface area contributed by atoms with E-state index < -0.39 is 0 Å². The summed E-state index contributed by atoms with van der Waals surface area (Å²) in [4.78, 5) is 14.4. The monoisotopic (exact) mass is 304 g/mol. The van der Waals surface area contributed by atoms with Crippen molar-refractivity contribution in [3.63, 3.8) is 0 Å². The van der Waals surface area contributed by atoms with Gasteiger partial charge in [-0.2, -0.15) is 11.8 Å². The van der Waals surface area contributed by atoms with Crippen LogP contribution in [-0.2, 0) is 9.53 Å². The Balaban J connectivity index is 2.49. The van der Waals surface area contributed by atoms with Crippen LogP contribution in [0.5, 0.6) is 0 Å². The molecule has 2 N–H and O–H groups in total. The van der Waals surface area contributed by atoms with Gasteiger partial charge < -0.3 is 15.4 Å². The fourth-order valence-electron chi connectivity index (χ4n) is 2.04. The lowest BCUT2D eigenvalue weighted by Crippen LogP contribution is -2.51. The summed E-state index contributed by atoms with van der Waals surface area (Å²) in [5.41, 5.74) is 5.55. The minimum atomic E-state index is -0.284. The molecule has 4 nitrogen and oxygen atoms in total. The lowest BCUT2D eigenvalue weighted by atomic mass is 9.95. The summed E-state index contributed by atoms with van der Waals surface area (Å²) in [6.07, 6.45) is 3.68. The molecule has 1 rings (SSSR count). The number of nitrogens with two attached hydrogens (primary N) is 1. The Morgan fingerprint density at radius 2 is 1.95 bits per heavy atom. The number of nitrogens with zero attached hydrogens (tertiary/aromatic N) is 1. The van der Waals surface area contributed by atoms with Gasteiger partial charge in [0.2, 0.25) is 5.91 Å². The molecule has 1 fully saturated rings. The van der Waals surface area contributed by atoms with Crippen LogP contribution in [0.1, 0.15) is 33.6 Å². The molecule has 0 bridgehead atoms. The van der Waals surface area contributed by atoms with Crippen molar-refractivity contribution in [2.24, 2.45) is 5.73 Å². The second kappa shape index (κ2) is 6.41. The van der Waals surface area contributed by atoms with Gasteiger partial charge in [0.15, 0.2) is 0 Å². The quantitative estimate of drug-likeness (QED) is 0.803. The summed E-state index contributed by atoms with van der Waals surface area (Å²) in [7, 11) is 0. The van der Waals surface area contributed by atoms with Gasteiger partial charge in [-0.3, -0.25) is 4.79 Å². The van der Waals surface area contributed by atoms with E-state index in [0.717, 1.165) is 12.8 Å². The molecule has 1 amide bonds. The molecule has 6 heteroatoms. The molecule has 1 aliphatic heterocycles. The summed E-state index contributed by atoms with van der Waals surface area (Å²) in [5.74, 6) is 0.0487. The summed E-state index contributed by atoms with van der Waals surface area (Å²) in [5, 5.41) is 0. The van der Waals surface area contributed by atoms with Crippen LogP contribution in [0.15, 0.2) is 0 Å². The predicted octanol–water partition coefficient (Wildman–Crippen LogP) is 1.81. The van der Waals surface area contributed by atoms with Crippen LogP contribution < -0.4 is 5.73 Å². The van der Waals surface area contributed by atoms with E-state index in [1.807, 2.05) is 31.9 Å². The van der Waals surface area contributed by atoms with Crippen molar-refractivity contribution in [3.8, 4) is 0 Å². The van der Waals surface area contributed by atoms with Crippen molar-refractivity contribution in [3.05, 3.63) is 0 Å². The van der Waals surface area contributed by atoms with Crippen LogP contribution in [0.3, 0.4) is 0 Å². The van der Waals surface area contributed by atoms with Crippen LogP contribution in [0.25, 0.3) is 0 Å². The van der Waals surface area contributed by atoms with E-state index in [1.165, 1.54) is 0 Å². The Labute approximate surface area is 125 Å². The SMILES string of the molecule is CSC1(C(N)=S)CCN(C(=O)COC(C)(C)C)CC1. The lowest BCUT2D eigenvalue weighted by molar-refractivity contribution is -0.142. The zero-order valence-corrected chi connectivity index (χ0v) is 13.8. The highest BCUT2D eigenvalue weighted by molar-refractivity contribution is 8.02. The molecule has 1 saturated heterocycles. The molecule has 1 aliphatic rings. The number of rotatable bonds is 4. The molecule has 0 aromatic rings. The lowest BCUT2D eigenvalue weighted by Gasteiger charge is -2.40. The number of thioether (sulfide) groups is 1. The molecule has 19 heavy (non-hydrogen) atoms. The second-order valence-corrected chi connectivity index (χ2v) is 7.47. The van der Waals surface area contributed by atoms with Gasteiger partial charge >= 0.3 is 0 Å². The number of hydrogen-bond donors (Lipinski definition) is 1. The van der Waals surface area contributed by atoms with E-state index in [9.17, 15) is 4.79 Å². The van der Waals surface area contributed by atoms with Crippen molar-refractivity contribution < 1.29 is 9.53 Å². The first-order valence-electron chi connectivity index (χ1n) is 6.47. The third-order valence-corrected chi connectivity index (χ3v) is 5.32. The molecule has 1 heterocycles. The van der Waals surface area contributed by atoms with Gasteiger partial charge in [-0.25, -0.2) is 0 Å². The topological polar surface area (TPSA) is 55.6 Å². The van der Waals surface area contributed by atoms with E-state index in [1.54, 1.807) is 11.8 Å². The fourth-order valence-corrected chi connectivity index (χ4v) is 3.28. The maximum atomic E-state index is 12.0. The average Bonchev–Trinajstić information content (AvgIpc) is 2.35. The van der Waals surface area contributed by atoms with E-state index in [4.69, 9.17) is 22.7 Å². The largest absolute Gasteiger partial charge is 0.392 e. The molecular formula is C13H24N2O2S2. The number of hydrogen-bond acceptors (Lipinski definition) is 4. The number of carbonyl (C=O) groups excluding carboxylic acids is 1. The number of carbonyl (C=O) groups is 1. The summed E-state index contributed by atoms with van der Waals surface area (Å²) in [6.45, 7) is 7.38. The van der Waals surface area contributed by atoms with Gasteiger partial charge in [0.25, 0.3) is 0 Å². The maximum absolute atomic E-state index is 12.0. The molecular weight excluding hydrogens is 280 g/mol. The Kier molecular flexibility index (Phi) is 5.65. The van der Waals surface area contributed by atoms with Crippen molar-refractivity contribution in [1.82, 2.24) is 4.90 Å². The molecule has 110 valence electrons. The van der Waals surface area contributed by atoms with E-state index in [-0.39, 0.29) is 22.9 Å². The minimum Gasteiger partial charge on any atom is -0.392 e. The fraction of sp³-hybridized carbons (Fsp3) is 0.846. The molecule has 0 atom stereocenters. The van der Waals surface area contributed by atoms with Crippen LogP contribution in [0.2, 0.25) is 0 Å². The molecule has 0 radical (unpaired) electrons. The van der Waals surface area contributed by atoms with Crippen molar-refractivity contribution >= 4 is 34.9 Å². The number of piperidine rings is 1. The Hall–Kier alpha value is -0.330. The molecule has 0 saturated carbocycles. The van der Waals surface area contributed by atoms with Crippen LogP contribution in [-0.4, -0.2) is 52.1 Å². The highest BCUT2D eigenvalue weighted by Crippen LogP contribution is 2.34. The smallest absolute Gasteiger partial charge is 0.248 e. The Bertz CT molecular complexity index is 345. The summed E-state index contributed by atoms with van der Waals surface area (Å²) >= 11 is 6.86. The van der Waals surface area contributed by atoms with E-state index in [0.29, 0.717) is 18.1 Å². The predicted molar refractivity (Wildman–Crippen MR) is 84.6 cm³/mol. The summed E-state index contributed by atoms with van der Waals surface area (Å²) < 4.78 is 5.38. The second-order valence-electron chi connectivity index (χ2n) is 5.84. The van der Waals surface area contributed by atoms with Gasteiger partial charge in [0.1, 0.15) is 6.61 Å². The number of amides is 1. The highest BCUT2D eigenvalue weighted by atomic mass is 32.2. The highest BCUT2D eigenvalue weighted by Gasteiger charge is 2.37. The maximum Gasteiger partial charge on any atom is 0.248 e. The normalized spacial score (nSPS) is 19.3. The first-order valence-corrected chi connectivity index (χ1v) is 8.10. The van der Waals surface area contributed by atoms with Crippen molar-refractivity contribution in [2.75, 3.05) is 26.0 Å². The Morgan fingerprint density at radius 3 is 2.32 bits per heavy atom. The van der Waals surface area contributed by atoms with E-state index >= 15 is 0 Å². The van der Waals surface area contributed by atoms with Crippen molar-refractivity contribution in [1.29, 1.82) is 0 Å². The van der Waals surface area contributed by atoms with Crippen molar-refractivity contribution in [2.45, 2.75) is 44.0 Å². The van der Waals surface area contributed by atoms with Crippen LogP contribution in [0.4, 0.5) is 0 Å². The summed E-state index contributed by atoms with van der Waals surface area (Å²) in [6, 6.07) is 0. The molecule has 0 unspecified atom stereocenters. The first kappa shape index (κ1) is 16.7. The zero-order chi connectivity index (χ0) is 14.7. The third kappa shape index (κ3) is 4.61. The molecule has 0 spiro atoms. The van der Waals surface area contributed by atoms with Gasteiger partial charge in [-0.05, 0) is 39.9 Å². The van der Waals surface area contributed by atoms with E-state index in [2.05, 4.69) is 0 Å². The number of likely N-dealkylation sites (tertiary alicyclic amines) is 1. The van der Waals surface area contributed by atoms with Gasteiger partial charge in [-0.15, -0.1) is 0 Å². The molecule has 0 aliphatic carbocycles. The minimum absolute atomic E-state index is 0.0487. The van der Waals surface area contributed by atoms with Gasteiger partial charge in [-0.1, -0.05) is 12.2 Å². The number of thiocarbonyl (C=S) groups is 1. The van der Waals surface area contributed by atoms with Crippen LogP contribution >= 0.6 is 24.0 Å². The molecule has 0 aromatic heterocycles. The average molecular weight is 304 g/mol.